The van der Waals surface area contributed by atoms with Crippen molar-refractivity contribution in [3.63, 3.8) is 0 Å². The van der Waals surface area contributed by atoms with Crippen LogP contribution in [0, 0.1) is 33.5 Å². The van der Waals surface area contributed by atoms with Gasteiger partial charge < -0.3 is 10.6 Å². The largest absolute Gasteiger partial charge is 0.316 e. The average Bonchev–Trinajstić information content (AvgIpc) is 2.48. The smallest absolute Gasteiger partial charge is 0.000773 e. The van der Waals surface area contributed by atoms with Crippen LogP contribution in [0.1, 0.15) is 95.9 Å². The van der Waals surface area contributed by atoms with Crippen molar-refractivity contribution in [2.45, 2.75) is 95.9 Å². The Kier molecular flexibility index (Phi) is 9.89. The Morgan fingerprint density at radius 3 is 1.04 bits per heavy atom. The summed E-state index contributed by atoms with van der Waals surface area (Å²) < 4.78 is 0. The molecule has 158 valence electrons. The number of unbranched alkanes of at least 4 members (excludes halogenated alkanes) is 1. The van der Waals surface area contributed by atoms with Gasteiger partial charge >= 0.3 is 0 Å². The highest BCUT2D eigenvalue weighted by molar-refractivity contribution is 4.90. The van der Waals surface area contributed by atoms with Crippen LogP contribution in [0.2, 0.25) is 0 Å². The van der Waals surface area contributed by atoms with Crippen LogP contribution in [0.15, 0.2) is 0 Å². The molecule has 0 saturated heterocycles. The minimum atomic E-state index is 0.311. The standard InChI is InChI=1S/C24H52N2/c1-19(2)23(9,10)21(5,6)17-25-15-13-14-16-26-18-22(7,8)24(11,12)20(3)4/h19-20,25-26H,13-18H2,1-12H3. The zero-order valence-corrected chi connectivity index (χ0v) is 20.4. The molecule has 0 aliphatic rings. The molecule has 2 N–H and O–H groups in total. The molecule has 2 heteroatoms. The van der Waals surface area contributed by atoms with E-state index in [1.54, 1.807) is 0 Å². The molecule has 0 aliphatic heterocycles. The van der Waals surface area contributed by atoms with Gasteiger partial charge in [0.05, 0.1) is 0 Å². The summed E-state index contributed by atoms with van der Waals surface area (Å²) in [6.45, 7) is 33.1. The van der Waals surface area contributed by atoms with Crippen molar-refractivity contribution in [2.75, 3.05) is 26.2 Å². The molecular weight excluding hydrogens is 316 g/mol. The molecule has 0 fully saturated rings. The van der Waals surface area contributed by atoms with Gasteiger partial charge in [-0.05, 0) is 59.4 Å². The highest BCUT2D eigenvalue weighted by Crippen LogP contribution is 2.44. The fourth-order valence-corrected chi connectivity index (χ4v) is 3.32. The molecule has 0 aromatic rings. The minimum absolute atomic E-state index is 0.311. The molecule has 0 bridgehead atoms. The lowest BCUT2D eigenvalue weighted by Gasteiger charge is -2.45. The van der Waals surface area contributed by atoms with E-state index in [2.05, 4.69) is 93.7 Å². The maximum Gasteiger partial charge on any atom is 0.000773 e. The third-order valence-electron chi connectivity index (χ3n) is 8.47. The van der Waals surface area contributed by atoms with Crippen molar-refractivity contribution in [1.82, 2.24) is 10.6 Å². The van der Waals surface area contributed by atoms with E-state index >= 15 is 0 Å². The average molecular weight is 369 g/mol. The first-order valence-electron chi connectivity index (χ1n) is 11.0. The van der Waals surface area contributed by atoms with Crippen LogP contribution in [0.3, 0.4) is 0 Å². The summed E-state index contributed by atoms with van der Waals surface area (Å²) in [6, 6.07) is 0. The fourth-order valence-electron chi connectivity index (χ4n) is 3.32. The Labute approximate surface area is 166 Å². The van der Waals surface area contributed by atoms with Crippen molar-refractivity contribution in [3.8, 4) is 0 Å². The van der Waals surface area contributed by atoms with Crippen LogP contribution in [-0.4, -0.2) is 26.2 Å². The third-order valence-corrected chi connectivity index (χ3v) is 8.47. The number of rotatable bonds is 13. The fraction of sp³-hybridized carbons (Fsp3) is 1.00. The van der Waals surface area contributed by atoms with Gasteiger partial charge in [-0.1, -0.05) is 83.1 Å². The first kappa shape index (κ1) is 25.9. The zero-order chi connectivity index (χ0) is 20.8. The maximum absolute atomic E-state index is 3.71. The van der Waals surface area contributed by atoms with Gasteiger partial charge in [0.1, 0.15) is 0 Å². The molecule has 0 amide bonds. The number of nitrogens with one attached hydrogen (secondary N) is 2. The first-order valence-corrected chi connectivity index (χ1v) is 11.0. The van der Waals surface area contributed by atoms with E-state index in [9.17, 15) is 0 Å². The predicted molar refractivity (Wildman–Crippen MR) is 120 cm³/mol. The second-order valence-electron chi connectivity index (χ2n) is 11.6. The quantitative estimate of drug-likeness (QED) is 0.369. The van der Waals surface area contributed by atoms with Crippen molar-refractivity contribution in [1.29, 1.82) is 0 Å². The number of hydrogen-bond donors (Lipinski definition) is 2. The van der Waals surface area contributed by atoms with Crippen molar-refractivity contribution < 1.29 is 0 Å². The molecule has 0 heterocycles. The second kappa shape index (κ2) is 9.92. The van der Waals surface area contributed by atoms with Crippen LogP contribution >= 0.6 is 0 Å². The molecular formula is C24H52N2. The Morgan fingerprint density at radius 2 is 0.808 bits per heavy atom. The van der Waals surface area contributed by atoms with Crippen molar-refractivity contribution >= 4 is 0 Å². The van der Waals surface area contributed by atoms with Gasteiger partial charge in [-0.25, -0.2) is 0 Å². The maximum atomic E-state index is 3.71. The molecule has 0 rings (SSSR count). The molecule has 0 aromatic carbocycles. The highest BCUT2D eigenvalue weighted by atomic mass is 14.9. The van der Waals surface area contributed by atoms with E-state index in [0.717, 1.165) is 26.2 Å². The Hall–Kier alpha value is -0.0800. The van der Waals surface area contributed by atoms with Crippen LogP contribution in [0.5, 0.6) is 0 Å². The first-order chi connectivity index (χ1) is 11.6. The van der Waals surface area contributed by atoms with E-state index in [0.29, 0.717) is 33.5 Å². The SMILES string of the molecule is CC(C)C(C)(C)C(C)(C)CNCCCCNCC(C)(C)C(C)(C)C(C)C. The molecule has 0 unspecified atom stereocenters. The van der Waals surface area contributed by atoms with Gasteiger partial charge in [0.15, 0.2) is 0 Å². The molecule has 0 saturated carbocycles. The van der Waals surface area contributed by atoms with E-state index < -0.39 is 0 Å². The second-order valence-corrected chi connectivity index (χ2v) is 11.6. The topological polar surface area (TPSA) is 24.1 Å². The van der Waals surface area contributed by atoms with Crippen molar-refractivity contribution in [3.05, 3.63) is 0 Å². The lowest BCUT2D eigenvalue weighted by Crippen LogP contribution is -2.44. The van der Waals surface area contributed by atoms with Crippen LogP contribution in [0.4, 0.5) is 0 Å². The normalized spacial score (nSPS) is 14.5. The summed E-state index contributed by atoms with van der Waals surface area (Å²) in [4.78, 5) is 0. The molecule has 0 aromatic heterocycles. The van der Waals surface area contributed by atoms with Gasteiger partial charge in [0.25, 0.3) is 0 Å². The Bertz CT molecular complexity index is 351. The summed E-state index contributed by atoms with van der Waals surface area (Å²) >= 11 is 0. The van der Waals surface area contributed by atoms with Crippen LogP contribution < -0.4 is 10.6 Å². The van der Waals surface area contributed by atoms with Gasteiger partial charge in [-0.3, -0.25) is 0 Å². The summed E-state index contributed by atoms with van der Waals surface area (Å²) in [5.74, 6) is 1.39. The third kappa shape index (κ3) is 6.82. The summed E-state index contributed by atoms with van der Waals surface area (Å²) in [6.07, 6.45) is 2.50. The lowest BCUT2D eigenvalue weighted by atomic mass is 9.62. The van der Waals surface area contributed by atoms with Gasteiger partial charge in [0.2, 0.25) is 0 Å². The summed E-state index contributed by atoms with van der Waals surface area (Å²) in [5.41, 5.74) is 1.31. The highest BCUT2D eigenvalue weighted by Gasteiger charge is 2.39. The molecule has 2 nitrogen and oxygen atoms in total. The van der Waals surface area contributed by atoms with Gasteiger partial charge in [-0.15, -0.1) is 0 Å². The Morgan fingerprint density at radius 1 is 0.538 bits per heavy atom. The zero-order valence-electron chi connectivity index (χ0n) is 20.4. The Balaban J connectivity index is 4.03. The van der Waals surface area contributed by atoms with Gasteiger partial charge in [-0.2, -0.15) is 0 Å². The monoisotopic (exact) mass is 368 g/mol. The van der Waals surface area contributed by atoms with E-state index in [4.69, 9.17) is 0 Å². The van der Waals surface area contributed by atoms with Crippen molar-refractivity contribution in [2.24, 2.45) is 33.5 Å². The van der Waals surface area contributed by atoms with Gasteiger partial charge in [0, 0.05) is 13.1 Å². The van der Waals surface area contributed by atoms with E-state index in [1.165, 1.54) is 12.8 Å². The van der Waals surface area contributed by atoms with E-state index in [1.807, 2.05) is 0 Å². The summed E-state index contributed by atoms with van der Waals surface area (Å²) in [5, 5.41) is 7.41. The van der Waals surface area contributed by atoms with E-state index in [-0.39, 0.29) is 0 Å². The molecule has 0 aliphatic carbocycles. The number of hydrogen-bond acceptors (Lipinski definition) is 2. The molecule has 0 radical (unpaired) electrons. The molecule has 26 heavy (non-hydrogen) atoms. The predicted octanol–water partition coefficient (Wildman–Crippen LogP) is 6.36. The van der Waals surface area contributed by atoms with Crippen LogP contribution in [0.25, 0.3) is 0 Å². The molecule has 0 spiro atoms. The summed E-state index contributed by atoms with van der Waals surface area (Å²) in [7, 11) is 0. The minimum Gasteiger partial charge on any atom is -0.316 e. The molecule has 0 atom stereocenters. The lowest BCUT2D eigenvalue weighted by molar-refractivity contribution is 0.0548. The van der Waals surface area contributed by atoms with Crippen LogP contribution in [-0.2, 0) is 0 Å².